The molecule has 0 saturated heterocycles. The number of para-hydroxylation sites is 1. The Hall–Kier alpha value is -3.26. The summed E-state index contributed by atoms with van der Waals surface area (Å²) in [7, 11) is 1.64. The smallest absolute Gasteiger partial charge is 0.253 e. The van der Waals surface area contributed by atoms with Crippen molar-refractivity contribution >= 4 is 29.1 Å². The SMILES string of the molecule is CN(CC(=O)Nc1ccc(F)cc1)CC(=O)Nc1ccccc1C(=O)NC1CCCC1. The van der Waals surface area contributed by atoms with Crippen molar-refractivity contribution in [3.05, 3.63) is 59.9 Å². The number of halogens is 1. The van der Waals surface area contributed by atoms with E-state index in [1.54, 1.807) is 36.2 Å². The van der Waals surface area contributed by atoms with Crippen LogP contribution in [0.15, 0.2) is 48.5 Å². The maximum absolute atomic E-state index is 12.9. The highest BCUT2D eigenvalue weighted by Crippen LogP contribution is 2.20. The molecule has 1 aliphatic rings. The maximum Gasteiger partial charge on any atom is 0.253 e. The first-order chi connectivity index (χ1) is 14.9. The summed E-state index contributed by atoms with van der Waals surface area (Å²) in [5, 5.41) is 8.44. The molecule has 0 spiro atoms. The second-order valence-corrected chi connectivity index (χ2v) is 7.78. The normalized spacial score (nSPS) is 13.8. The minimum Gasteiger partial charge on any atom is -0.349 e. The van der Waals surface area contributed by atoms with Gasteiger partial charge in [-0.1, -0.05) is 25.0 Å². The Bertz CT molecular complexity index is 927. The molecule has 3 rings (SSSR count). The van der Waals surface area contributed by atoms with Gasteiger partial charge in [0.2, 0.25) is 11.8 Å². The van der Waals surface area contributed by atoms with Gasteiger partial charge in [0.15, 0.2) is 0 Å². The van der Waals surface area contributed by atoms with Gasteiger partial charge in [0.25, 0.3) is 5.91 Å². The summed E-state index contributed by atoms with van der Waals surface area (Å²) in [5.41, 5.74) is 1.33. The summed E-state index contributed by atoms with van der Waals surface area (Å²) < 4.78 is 12.9. The van der Waals surface area contributed by atoms with Crippen LogP contribution >= 0.6 is 0 Å². The molecule has 0 heterocycles. The highest BCUT2D eigenvalue weighted by atomic mass is 19.1. The number of amides is 3. The largest absolute Gasteiger partial charge is 0.349 e. The number of carbonyl (C=O) groups is 3. The second-order valence-electron chi connectivity index (χ2n) is 7.78. The van der Waals surface area contributed by atoms with Crippen LogP contribution in [0.1, 0.15) is 36.0 Å². The lowest BCUT2D eigenvalue weighted by molar-refractivity contribution is -0.119. The molecule has 1 aliphatic carbocycles. The van der Waals surface area contributed by atoms with Crippen molar-refractivity contribution in [3.63, 3.8) is 0 Å². The minimum absolute atomic E-state index is 0.0192. The van der Waals surface area contributed by atoms with Crippen LogP contribution in [0.2, 0.25) is 0 Å². The van der Waals surface area contributed by atoms with Crippen molar-refractivity contribution in [3.8, 4) is 0 Å². The van der Waals surface area contributed by atoms with Crippen LogP contribution in [0.4, 0.5) is 15.8 Å². The summed E-state index contributed by atoms with van der Waals surface area (Å²) in [5.74, 6) is -1.24. The molecule has 7 nitrogen and oxygen atoms in total. The molecule has 0 aliphatic heterocycles. The van der Waals surface area contributed by atoms with Crippen molar-refractivity contribution < 1.29 is 18.8 Å². The van der Waals surface area contributed by atoms with Crippen LogP contribution in [0.25, 0.3) is 0 Å². The third-order valence-corrected chi connectivity index (χ3v) is 5.09. The molecule has 2 aromatic rings. The van der Waals surface area contributed by atoms with Crippen LogP contribution in [-0.4, -0.2) is 48.8 Å². The third kappa shape index (κ3) is 6.89. The fourth-order valence-corrected chi connectivity index (χ4v) is 3.59. The van der Waals surface area contributed by atoms with Gasteiger partial charge < -0.3 is 16.0 Å². The predicted octanol–water partition coefficient (Wildman–Crippen LogP) is 3.01. The quantitative estimate of drug-likeness (QED) is 0.605. The number of nitrogens with one attached hydrogen (secondary N) is 3. The van der Waals surface area contributed by atoms with E-state index in [1.165, 1.54) is 24.3 Å². The number of hydrogen-bond donors (Lipinski definition) is 3. The first-order valence-electron chi connectivity index (χ1n) is 10.3. The molecule has 1 fully saturated rings. The Kier molecular flexibility index (Phi) is 7.72. The van der Waals surface area contributed by atoms with E-state index in [1.807, 2.05) is 0 Å². The lowest BCUT2D eigenvalue weighted by atomic mass is 10.1. The van der Waals surface area contributed by atoms with E-state index in [9.17, 15) is 18.8 Å². The van der Waals surface area contributed by atoms with Gasteiger partial charge in [0, 0.05) is 11.7 Å². The van der Waals surface area contributed by atoms with Crippen molar-refractivity contribution in [1.29, 1.82) is 0 Å². The van der Waals surface area contributed by atoms with Gasteiger partial charge in [-0.25, -0.2) is 4.39 Å². The Morgan fingerprint density at radius 2 is 1.55 bits per heavy atom. The van der Waals surface area contributed by atoms with Crippen molar-refractivity contribution in [1.82, 2.24) is 10.2 Å². The first-order valence-corrected chi connectivity index (χ1v) is 10.3. The summed E-state index contributed by atoms with van der Waals surface area (Å²) in [4.78, 5) is 38.8. The van der Waals surface area contributed by atoms with Gasteiger partial charge in [-0.15, -0.1) is 0 Å². The molecule has 0 bridgehead atoms. The second kappa shape index (κ2) is 10.7. The van der Waals surface area contributed by atoms with Gasteiger partial charge in [-0.3, -0.25) is 19.3 Å². The van der Waals surface area contributed by atoms with Gasteiger partial charge in [-0.05, 0) is 56.3 Å². The highest BCUT2D eigenvalue weighted by Gasteiger charge is 2.20. The van der Waals surface area contributed by atoms with Crippen molar-refractivity contribution in [2.45, 2.75) is 31.7 Å². The van der Waals surface area contributed by atoms with Crippen LogP contribution in [0.3, 0.4) is 0 Å². The van der Waals surface area contributed by atoms with E-state index in [2.05, 4.69) is 16.0 Å². The van der Waals surface area contributed by atoms with E-state index in [-0.39, 0.29) is 42.7 Å². The summed E-state index contributed by atoms with van der Waals surface area (Å²) in [6.07, 6.45) is 4.19. The summed E-state index contributed by atoms with van der Waals surface area (Å²) >= 11 is 0. The zero-order chi connectivity index (χ0) is 22.2. The molecular formula is C23H27FN4O3. The fourth-order valence-electron chi connectivity index (χ4n) is 3.59. The molecule has 0 atom stereocenters. The molecule has 0 radical (unpaired) electrons. The topological polar surface area (TPSA) is 90.5 Å². The van der Waals surface area contributed by atoms with Crippen LogP contribution in [-0.2, 0) is 9.59 Å². The number of nitrogens with zero attached hydrogens (tertiary/aromatic N) is 1. The van der Waals surface area contributed by atoms with E-state index in [4.69, 9.17) is 0 Å². The lowest BCUT2D eigenvalue weighted by Crippen LogP contribution is -2.37. The van der Waals surface area contributed by atoms with Crippen LogP contribution < -0.4 is 16.0 Å². The number of hydrogen-bond acceptors (Lipinski definition) is 4. The molecule has 3 amide bonds. The van der Waals surface area contributed by atoms with Crippen molar-refractivity contribution in [2.75, 3.05) is 30.8 Å². The zero-order valence-electron chi connectivity index (χ0n) is 17.5. The van der Waals surface area contributed by atoms with Crippen LogP contribution in [0.5, 0.6) is 0 Å². The Morgan fingerprint density at radius 3 is 2.23 bits per heavy atom. The Labute approximate surface area is 181 Å². The molecule has 164 valence electrons. The monoisotopic (exact) mass is 426 g/mol. The van der Waals surface area contributed by atoms with Gasteiger partial charge >= 0.3 is 0 Å². The van der Waals surface area contributed by atoms with E-state index >= 15 is 0 Å². The molecule has 0 unspecified atom stereocenters. The summed E-state index contributed by atoms with van der Waals surface area (Å²) in [6.45, 7) is -0.0516. The average molecular weight is 426 g/mol. The highest BCUT2D eigenvalue weighted by molar-refractivity contribution is 6.04. The number of rotatable bonds is 8. The fraction of sp³-hybridized carbons (Fsp3) is 0.348. The zero-order valence-corrected chi connectivity index (χ0v) is 17.5. The van der Waals surface area contributed by atoms with E-state index in [0.29, 0.717) is 16.9 Å². The molecule has 0 aromatic heterocycles. The van der Waals surface area contributed by atoms with Gasteiger partial charge in [-0.2, -0.15) is 0 Å². The molecule has 8 heteroatoms. The van der Waals surface area contributed by atoms with Crippen LogP contribution in [0, 0.1) is 5.82 Å². The predicted molar refractivity (Wildman–Crippen MR) is 117 cm³/mol. The number of anilines is 2. The summed E-state index contributed by atoms with van der Waals surface area (Å²) in [6, 6.07) is 12.5. The maximum atomic E-state index is 12.9. The third-order valence-electron chi connectivity index (χ3n) is 5.09. The van der Waals surface area contributed by atoms with Crippen molar-refractivity contribution in [2.24, 2.45) is 0 Å². The van der Waals surface area contributed by atoms with Gasteiger partial charge in [0.05, 0.1) is 24.3 Å². The number of likely N-dealkylation sites (N-methyl/N-ethyl adjacent to an activating group) is 1. The number of benzene rings is 2. The lowest BCUT2D eigenvalue weighted by Gasteiger charge is -2.18. The van der Waals surface area contributed by atoms with Gasteiger partial charge in [0.1, 0.15) is 5.82 Å². The average Bonchev–Trinajstić information content (AvgIpc) is 3.22. The first kappa shape index (κ1) is 22.4. The molecule has 31 heavy (non-hydrogen) atoms. The Morgan fingerprint density at radius 1 is 0.935 bits per heavy atom. The standard InChI is InChI=1S/C23H27FN4O3/c1-28(14-21(29)25-18-12-10-16(24)11-13-18)15-22(30)27-20-9-5-4-8-19(20)23(31)26-17-6-2-3-7-17/h4-5,8-13,17H,2-3,6-7,14-15H2,1H3,(H,25,29)(H,26,31)(H,27,30). The molecule has 1 saturated carbocycles. The Balaban J connectivity index is 1.51. The van der Waals surface area contributed by atoms with E-state index < -0.39 is 0 Å². The molecule has 3 N–H and O–H groups in total. The molecular weight excluding hydrogens is 399 g/mol. The molecule has 2 aromatic carbocycles. The minimum atomic E-state index is -0.385. The van der Waals surface area contributed by atoms with E-state index in [0.717, 1.165) is 25.7 Å². The number of carbonyl (C=O) groups excluding carboxylic acids is 3.